The number of benzene rings is 1. The number of rotatable bonds is 4. The van der Waals surface area contributed by atoms with Gasteiger partial charge in [-0.15, -0.1) is 11.8 Å². The van der Waals surface area contributed by atoms with Crippen LogP contribution in [-0.4, -0.2) is 23.5 Å². The van der Waals surface area contributed by atoms with E-state index in [-0.39, 0.29) is 5.91 Å². The Morgan fingerprint density at radius 1 is 1.45 bits per heavy atom. The van der Waals surface area contributed by atoms with Crippen LogP contribution in [0.2, 0.25) is 0 Å². The van der Waals surface area contributed by atoms with Crippen LogP contribution < -0.4 is 4.90 Å². The molecule has 0 N–H and O–H groups in total. The molecule has 0 bridgehead atoms. The molecule has 0 aliphatic carbocycles. The molecule has 1 aliphatic rings. The van der Waals surface area contributed by atoms with Crippen LogP contribution in [0.3, 0.4) is 0 Å². The van der Waals surface area contributed by atoms with Gasteiger partial charge in [-0.3, -0.25) is 9.59 Å². The van der Waals surface area contributed by atoms with E-state index in [9.17, 15) is 9.59 Å². The quantitative estimate of drug-likeness (QED) is 0.631. The average molecular weight is 288 g/mol. The molecule has 0 saturated carbocycles. The van der Waals surface area contributed by atoms with Gasteiger partial charge in [-0.25, -0.2) is 0 Å². The third kappa shape index (κ3) is 2.70. The fraction of sp³-hybridized carbons (Fsp3) is 0.400. The van der Waals surface area contributed by atoms with Crippen molar-refractivity contribution in [3.05, 3.63) is 23.8 Å². The van der Waals surface area contributed by atoms with Gasteiger partial charge >= 0.3 is 0 Å². The molecule has 0 atom stereocenters. The largest absolute Gasteiger partial charge is 0.310 e. The van der Waals surface area contributed by atoms with Gasteiger partial charge in [-0.2, -0.15) is 5.26 Å². The van der Waals surface area contributed by atoms with Crippen molar-refractivity contribution in [2.75, 3.05) is 11.4 Å². The van der Waals surface area contributed by atoms with E-state index < -0.39 is 4.75 Å². The average Bonchev–Trinajstić information content (AvgIpc) is 2.42. The van der Waals surface area contributed by atoms with Crippen LogP contribution in [0.4, 0.5) is 5.69 Å². The first-order valence-corrected chi connectivity index (χ1v) is 7.28. The molecule has 4 nitrogen and oxygen atoms in total. The number of carbonyl (C=O) groups is 2. The van der Waals surface area contributed by atoms with E-state index >= 15 is 0 Å². The van der Waals surface area contributed by atoms with Gasteiger partial charge in [-0.05, 0) is 38.5 Å². The molecule has 0 unspecified atom stereocenters. The number of nitrogens with zero attached hydrogens (tertiary/aromatic N) is 2. The number of unbranched alkanes of at least 4 members (excludes halogenated alkanes) is 1. The predicted molar refractivity (Wildman–Crippen MR) is 79.0 cm³/mol. The summed E-state index contributed by atoms with van der Waals surface area (Å²) in [7, 11) is 0. The first-order chi connectivity index (χ1) is 9.49. The lowest BCUT2D eigenvalue weighted by Crippen LogP contribution is -2.46. The Morgan fingerprint density at radius 2 is 2.20 bits per heavy atom. The molecule has 0 aromatic heterocycles. The van der Waals surface area contributed by atoms with Gasteiger partial charge in [0.1, 0.15) is 6.29 Å². The second-order valence-electron chi connectivity index (χ2n) is 5.18. The predicted octanol–water partition coefficient (Wildman–Crippen LogP) is 3.02. The highest BCUT2D eigenvalue weighted by molar-refractivity contribution is 8.01. The highest BCUT2D eigenvalue weighted by Crippen LogP contribution is 2.45. The Morgan fingerprint density at radius 3 is 2.85 bits per heavy atom. The molecule has 0 saturated heterocycles. The molecule has 104 valence electrons. The number of fused-ring (bicyclic) bond motifs is 1. The lowest BCUT2D eigenvalue weighted by Gasteiger charge is -2.38. The van der Waals surface area contributed by atoms with Crippen molar-refractivity contribution >= 4 is 29.6 Å². The number of thioether (sulfide) groups is 1. The van der Waals surface area contributed by atoms with Gasteiger partial charge in [0.15, 0.2) is 0 Å². The monoisotopic (exact) mass is 288 g/mol. The Labute approximate surface area is 122 Å². The minimum Gasteiger partial charge on any atom is -0.310 e. The lowest BCUT2D eigenvalue weighted by atomic mass is 10.1. The highest BCUT2D eigenvalue weighted by Gasteiger charge is 2.39. The van der Waals surface area contributed by atoms with E-state index in [0.717, 1.165) is 16.9 Å². The van der Waals surface area contributed by atoms with E-state index in [1.165, 1.54) is 11.8 Å². The van der Waals surface area contributed by atoms with Crippen molar-refractivity contribution < 1.29 is 9.59 Å². The maximum atomic E-state index is 12.5. The standard InChI is InChI=1S/C15H16N2O2S/c1-15(2)14(19)17(8-4-3-7-16)12-6-5-11(10-18)9-13(12)20-15/h5-6,9-10H,3-4,8H2,1-2H3. The Bertz CT molecular complexity index is 590. The van der Waals surface area contributed by atoms with E-state index in [2.05, 4.69) is 6.07 Å². The number of nitriles is 1. The van der Waals surface area contributed by atoms with Crippen LogP contribution >= 0.6 is 11.8 Å². The molecule has 1 aliphatic heterocycles. The highest BCUT2D eigenvalue weighted by atomic mass is 32.2. The minimum atomic E-state index is -0.554. The fourth-order valence-electron chi connectivity index (χ4n) is 2.20. The van der Waals surface area contributed by atoms with E-state index in [1.54, 1.807) is 11.0 Å². The molecule has 1 heterocycles. The topological polar surface area (TPSA) is 61.2 Å². The third-order valence-corrected chi connectivity index (χ3v) is 4.44. The molecule has 0 spiro atoms. The number of amides is 1. The summed E-state index contributed by atoms with van der Waals surface area (Å²) in [6.45, 7) is 4.30. The summed E-state index contributed by atoms with van der Waals surface area (Å²) in [5.74, 6) is 0.0480. The SMILES string of the molecule is CC1(C)Sc2cc(C=O)ccc2N(CCCC#N)C1=O. The van der Waals surface area contributed by atoms with Crippen molar-refractivity contribution in [3.8, 4) is 6.07 Å². The summed E-state index contributed by atoms with van der Waals surface area (Å²) >= 11 is 1.48. The zero-order chi connectivity index (χ0) is 14.8. The van der Waals surface area contributed by atoms with E-state index in [1.807, 2.05) is 26.0 Å². The maximum Gasteiger partial charge on any atom is 0.243 e. The number of anilines is 1. The number of carbonyl (C=O) groups excluding carboxylic acids is 2. The van der Waals surface area contributed by atoms with E-state index in [4.69, 9.17) is 5.26 Å². The second kappa shape index (κ2) is 5.68. The van der Waals surface area contributed by atoms with E-state index in [0.29, 0.717) is 24.9 Å². The number of hydrogen-bond acceptors (Lipinski definition) is 4. The summed E-state index contributed by atoms with van der Waals surface area (Å²) in [4.78, 5) is 26.1. The molecule has 0 fully saturated rings. The van der Waals surface area contributed by atoms with Crippen molar-refractivity contribution in [1.29, 1.82) is 5.26 Å². The summed E-state index contributed by atoms with van der Waals surface area (Å²) in [5.41, 5.74) is 1.45. The number of aldehydes is 1. The van der Waals surface area contributed by atoms with Crippen molar-refractivity contribution in [2.45, 2.75) is 36.3 Å². The van der Waals surface area contributed by atoms with Crippen LogP contribution in [0.25, 0.3) is 0 Å². The molecular weight excluding hydrogens is 272 g/mol. The van der Waals surface area contributed by atoms with Gasteiger partial charge in [0.2, 0.25) is 5.91 Å². The van der Waals surface area contributed by atoms with Crippen molar-refractivity contribution in [1.82, 2.24) is 0 Å². The smallest absolute Gasteiger partial charge is 0.243 e. The summed E-state index contributed by atoms with van der Waals surface area (Å²) in [5, 5.41) is 8.63. The Hall–Kier alpha value is -1.80. The molecule has 20 heavy (non-hydrogen) atoms. The maximum absolute atomic E-state index is 12.5. The first-order valence-electron chi connectivity index (χ1n) is 6.47. The number of hydrogen-bond donors (Lipinski definition) is 0. The summed E-state index contributed by atoms with van der Waals surface area (Å²) in [6, 6.07) is 7.44. The molecule has 1 amide bonds. The molecule has 0 radical (unpaired) electrons. The lowest BCUT2D eigenvalue weighted by molar-refractivity contribution is -0.120. The molecule has 1 aromatic rings. The second-order valence-corrected chi connectivity index (χ2v) is 6.84. The van der Waals surface area contributed by atoms with Gasteiger partial charge in [0.05, 0.1) is 16.5 Å². The third-order valence-electron chi connectivity index (χ3n) is 3.21. The van der Waals surface area contributed by atoms with Gasteiger partial charge < -0.3 is 4.90 Å². The zero-order valence-electron chi connectivity index (χ0n) is 11.5. The van der Waals surface area contributed by atoms with Gasteiger partial charge in [0.25, 0.3) is 0 Å². The molecular formula is C15H16N2O2S. The van der Waals surface area contributed by atoms with Crippen LogP contribution in [0.15, 0.2) is 23.1 Å². The normalized spacial score (nSPS) is 16.4. The van der Waals surface area contributed by atoms with Gasteiger partial charge in [0, 0.05) is 23.4 Å². The summed E-state index contributed by atoms with van der Waals surface area (Å²) in [6.07, 6.45) is 1.89. The van der Waals surface area contributed by atoms with Crippen LogP contribution in [0.5, 0.6) is 0 Å². The summed E-state index contributed by atoms with van der Waals surface area (Å²) < 4.78 is -0.554. The van der Waals surface area contributed by atoms with Crippen LogP contribution in [0.1, 0.15) is 37.0 Å². The van der Waals surface area contributed by atoms with Crippen molar-refractivity contribution in [3.63, 3.8) is 0 Å². The first kappa shape index (κ1) is 14.6. The van der Waals surface area contributed by atoms with Crippen LogP contribution in [0, 0.1) is 11.3 Å². The zero-order valence-corrected chi connectivity index (χ0v) is 12.4. The molecule has 5 heteroatoms. The fourth-order valence-corrected chi connectivity index (χ4v) is 3.43. The van der Waals surface area contributed by atoms with Crippen molar-refractivity contribution in [2.24, 2.45) is 0 Å². The Kier molecular flexibility index (Phi) is 4.15. The Balaban J connectivity index is 2.38. The van der Waals surface area contributed by atoms with Gasteiger partial charge in [-0.1, -0.05) is 0 Å². The molecule has 2 rings (SSSR count). The molecule has 1 aromatic carbocycles. The minimum absolute atomic E-state index is 0.0480. The van der Waals surface area contributed by atoms with Crippen LogP contribution in [-0.2, 0) is 4.79 Å².